The minimum absolute atomic E-state index is 0.160. The molecule has 4 aromatic rings. The summed E-state index contributed by atoms with van der Waals surface area (Å²) in [6.07, 6.45) is -0.0421. The van der Waals surface area contributed by atoms with Gasteiger partial charge in [0.1, 0.15) is 12.1 Å². The zero-order chi connectivity index (χ0) is 33.6. The number of amides is 3. The van der Waals surface area contributed by atoms with E-state index in [9.17, 15) is 22.8 Å². The summed E-state index contributed by atoms with van der Waals surface area (Å²) < 4.78 is 42.5. The lowest BCUT2D eigenvalue weighted by Crippen LogP contribution is -2.31. The third-order valence-corrected chi connectivity index (χ3v) is 7.95. The Hall–Kier alpha value is -4.89. The number of aromatic nitrogens is 3. The second-order valence-corrected chi connectivity index (χ2v) is 11.4. The number of aliphatic imine (C=N–C) groups is 2. The number of amidine groups is 1. The van der Waals surface area contributed by atoms with Gasteiger partial charge in [0.25, 0.3) is 0 Å². The summed E-state index contributed by atoms with van der Waals surface area (Å²) in [5.41, 5.74) is 4.04. The number of urea groups is 1. The number of benzene rings is 3. The van der Waals surface area contributed by atoms with E-state index in [0.29, 0.717) is 27.6 Å². The molecular formula is C31H28ClF3N8O3S. The van der Waals surface area contributed by atoms with E-state index in [1.807, 2.05) is 18.2 Å². The Morgan fingerprint density at radius 1 is 1.13 bits per heavy atom. The number of rotatable bonds is 10. The lowest BCUT2D eigenvalue weighted by molar-refractivity contribution is -0.274. The number of anilines is 3. The molecule has 47 heavy (non-hydrogen) atoms. The molecule has 5 rings (SSSR count). The maximum Gasteiger partial charge on any atom is 0.573 e. The van der Waals surface area contributed by atoms with Gasteiger partial charge >= 0.3 is 12.4 Å². The fourth-order valence-corrected chi connectivity index (χ4v) is 5.74. The van der Waals surface area contributed by atoms with E-state index in [-0.39, 0.29) is 35.1 Å². The first-order valence-electron chi connectivity index (χ1n) is 14.2. The number of hydrogen-bond donors (Lipinski definition) is 2. The van der Waals surface area contributed by atoms with Crippen molar-refractivity contribution in [1.29, 1.82) is 0 Å². The zero-order valence-electron chi connectivity index (χ0n) is 25.1. The monoisotopic (exact) mass is 684 g/mol. The van der Waals surface area contributed by atoms with Gasteiger partial charge in [0, 0.05) is 30.5 Å². The van der Waals surface area contributed by atoms with Gasteiger partial charge in [-0.15, -0.1) is 18.3 Å². The second-order valence-electron chi connectivity index (χ2n) is 10.1. The van der Waals surface area contributed by atoms with Crippen LogP contribution in [-0.2, 0) is 17.8 Å². The molecule has 0 bridgehead atoms. The molecule has 1 aromatic heterocycles. The highest BCUT2D eigenvalue weighted by molar-refractivity contribution is 8.15. The van der Waals surface area contributed by atoms with Gasteiger partial charge in [-0.3, -0.25) is 14.7 Å². The molecule has 0 aliphatic carbocycles. The van der Waals surface area contributed by atoms with Crippen molar-refractivity contribution < 1.29 is 27.5 Å². The molecule has 244 valence electrons. The molecule has 1 fully saturated rings. The third-order valence-electron chi connectivity index (χ3n) is 6.68. The van der Waals surface area contributed by atoms with Crippen LogP contribution in [0.4, 0.5) is 35.3 Å². The Labute approximate surface area is 276 Å². The smallest absolute Gasteiger partial charge is 0.406 e. The van der Waals surface area contributed by atoms with Gasteiger partial charge in [0.15, 0.2) is 5.17 Å². The number of thioether (sulfide) groups is 1. The van der Waals surface area contributed by atoms with Gasteiger partial charge in [-0.05, 0) is 65.6 Å². The van der Waals surface area contributed by atoms with Crippen molar-refractivity contribution in [2.75, 3.05) is 28.3 Å². The number of ether oxygens (including phenoxy) is 1. The lowest BCUT2D eigenvalue weighted by atomic mass is 10.0. The van der Waals surface area contributed by atoms with Crippen LogP contribution < -0.4 is 20.3 Å². The summed E-state index contributed by atoms with van der Waals surface area (Å²) in [5, 5.41) is 10.6. The van der Waals surface area contributed by atoms with Gasteiger partial charge in [-0.2, -0.15) is 4.99 Å². The quantitative estimate of drug-likeness (QED) is 0.171. The fraction of sp³-hybridized carbons (Fsp3) is 0.226. The topological polar surface area (TPSA) is 126 Å². The maximum absolute atomic E-state index is 12.9. The van der Waals surface area contributed by atoms with Crippen molar-refractivity contribution in [2.24, 2.45) is 9.98 Å². The SMILES string of the molecule is CCCc1ccc(C=NC)cc1N1C(=O)CSC1=NC(=O)Nc1ccc(CNc2ncn(-c3ccc(OC(F)(F)F)cc3)n2)c(Cl)c1. The van der Waals surface area contributed by atoms with E-state index in [1.54, 1.807) is 31.5 Å². The van der Waals surface area contributed by atoms with Crippen molar-refractivity contribution in [3.8, 4) is 11.4 Å². The molecule has 1 aliphatic rings. The minimum Gasteiger partial charge on any atom is -0.406 e. The Kier molecular flexibility index (Phi) is 10.5. The predicted octanol–water partition coefficient (Wildman–Crippen LogP) is 7.10. The van der Waals surface area contributed by atoms with E-state index >= 15 is 0 Å². The normalized spacial score (nSPS) is 14.3. The van der Waals surface area contributed by atoms with Crippen LogP contribution in [0.2, 0.25) is 5.02 Å². The molecule has 2 heterocycles. The van der Waals surface area contributed by atoms with Crippen molar-refractivity contribution in [3.63, 3.8) is 0 Å². The summed E-state index contributed by atoms with van der Waals surface area (Å²) >= 11 is 7.68. The maximum atomic E-state index is 12.9. The van der Waals surface area contributed by atoms with Gasteiger partial charge in [-0.1, -0.05) is 54.9 Å². The average molecular weight is 685 g/mol. The summed E-state index contributed by atoms with van der Waals surface area (Å²) in [5.74, 6) is -0.0984. The molecule has 1 aliphatic heterocycles. The summed E-state index contributed by atoms with van der Waals surface area (Å²) in [6.45, 7) is 2.30. The molecule has 11 nitrogen and oxygen atoms in total. The first-order valence-corrected chi connectivity index (χ1v) is 15.6. The molecule has 0 atom stereocenters. The molecule has 0 radical (unpaired) electrons. The summed E-state index contributed by atoms with van der Waals surface area (Å²) in [4.78, 5) is 39.8. The fourth-order valence-electron chi connectivity index (χ4n) is 4.63. The van der Waals surface area contributed by atoms with Crippen molar-refractivity contribution >= 4 is 64.0 Å². The predicted molar refractivity (Wildman–Crippen MR) is 177 cm³/mol. The minimum atomic E-state index is -4.78. The van der Waals surface area contributed by atoms with Gasteiger partial charge < -0.3 is 15.4 Å². The Morgan fingerprint density at radius 2 is 1.89 bits per heavy atom. The standard InChI is InChI=1S/C31H28ClF3N8O3S/c1-3-4-20-6-5-19(15-36-2)13-26(20)43-27(44)17-47-30(43)40-29(45)39-22-8-7-21(25(32)14-22)16-37-28-38-18-42(41-28)23-9-11-24(12-10-23)46-31(33,34)35/h5-15,18H,3-4,16-17H2,1-2H3,(H,37,41)(H,39,45). The highest BCUT2D eigenvalue weighted by Gasteiger charge is 2.32. The molecule has 0 unspecified atom stereocenters. The van der Waals surface area contributed by atoms with Crippen LogP contribution in [0.5, 0.6) is 5.75 Å². The molecule has 0 spiro atoms. The number of carbonyl (C=O) groups is 2. The van der Waals surface area contributed by atoms with E-state index in [2.05, 4.69) is 42.4 Å². The first kappa shape index (κ1) is 33.5. The third kappa shape index (κ3) is 8.68. The number of nitrogens with one attached hydrogen (secondary N) is 2. The summed E-state index contributed by atoms with van der Waals surface area (Å²) in [7, 11) is 1.67. The number of nitrogens with zero attached hydrogens (tertiary/aromatic N) is 6. The zero-order valence-corrected chi connectivity index (χ0v) is 26.7. The van der Waals surface area contributed by atoms with E-state index in [1.165, 1.54) is 51.9 Å². The molecule has 2 N–H and O–H groups in total. The Bertz CT molecular complexity index is 1830. The second kappa shape index (κ2) is 14.7. The van der Waals surface area contributed by atoms with Crippen molar-refractivity contribution in [3.05, 3.63) is 88.7 Å². The van der Waals surface area contributed by atoms with Crippen LogP contribution in [0.15, 0.2) is 77.0 Å². The Morgan fingerprint density at radius 3 is 2.60 bits per heavy atom. The van der Waals surface area contributed by atoms with Gasteiger partial charge in [0.05, 0.1) is 17.1 Å². The highest BCUT2D eigenvalue weighted by atomic mass is 35.5. The number of alkyl halides is 3. The Balaban J connectivity index is 1.22. The summed E-state index contributed by atoms with van der Waals surface area (Å²) in [6, 6.07) is 15.2. The number of halogens is 4. The van der Waals surface area contributed by atoms with E-state index in [0.717, 1.165) is 24.0 Å². The number of carbonyl (C=O) groups excluding carboxylic acids is 2. The van der Waals surface area contributed by atoms with Crippen LogP contribution in [0.3, 0.4) is 0 Å². The van der Waals surface area contributed by atoms with E-state index < -0.39 is 12.4 Å². The van der Waals surface area contributed by atoms with E-state index in [4.69, 9.17) is 11.6 Å². The van der Waals surface area contributed by atoms with Crippen molar-refractivity contribution in [2.45, 2.75) is 32.7 Å². The van der Waals surface area contributed by atoms with Crippen LogP contribution in [-0.4, -0.2) is 57.2 Å². The molecule has 1 saturated heterocycles. The molecule has 3 amide bonds. The average Bonchev–Trinajstić information content (AvgIpc) is 3.64. The van der Waals surface area contributed by atoms with Crippen LogP contribution in [0.25, 0.3) is 5.69 Å². The molecular weight excluding hydrogens is 657 g/mol. The van der Waals surface area contributed by atoms with Crippen LogP contribution in [0, 0.1) is 0 Å². The lowest BCUT2D eigenvalue weighted by Gasteiger charge is -2.20. The van der Waals surface area contributed by atoms with Crippen LogP contribution in [0.1, 0.15) is 30.0 Å². The van der Waals surface area contributed by atoms with Gasteiger partial charge in [0.2, 0.25) is 11.9 Å². The van der Waals surface area contributed by atoms with Gasteiger partial charge in [-0.25, -0.2) is 14.5 Å². The largest absolute Gasteiger partial charge is 0.573 e. The molecule has 16 heteroatoms. The van der Waals surface area contributed by atoms with Crippen LogP contribution >= 0.6 is 23.4 Å². The highest BCUT2D eigenvalue weighted by Crippen LogP contribution is 2.32. The first-order chi connectivity index (χ1) is 22.5. The molecule has 3 aromatic carbocycles. The number of hydrogen-bond acceptors (Lipinski definition) is 8. The molecule has 0 saturated carbocycles. The number of aryl methyl sites for hydroxylation is 1. The van der Waals surface area contributed by atoms with Crippen molar-refractivity contribution in [1.82, 2.24) is 14.8 Å².